The smallest absolute Gasteiger partial charge is 0.218 e. The Morgan fingerprint density at radius 2 is 2.08 bits per heavy atom. The molecule has 1 rings (SSSR count). The normalized spacial score (nSPS) is 9.67. The Morgan fingerprint density at radius 3 is 2.58 bits per heavy atom. The fraction of sp³-hybridized carbons (Fsp3) is 0.375. The third-order valence-electron chi connectivity index (χ3n) is 1.48. The molecule has 12 heavy (non-hydrogen) atoms. The lowest BCUT2D eigenvalue weighted by molar-refractivity contribution is 0.387. The number of hydrogen-bond acceptors (Lipinski definition) is 3. The first-order valence-corrected chi connectivity index (χ1v) is 3.52. The van der Waals surface area contributed by atoms with Crippen molar-refractivity contribution in [1.29, 1.82) is 0 Å². The highest BCUT2D eigenvalue weighted by molar-refractivity contribution is 5.46. The van der Waals surface area contributed by atoms with E-state index in [9.17, 15) is 4.39 Å². The molecule has 0 aliphatic rings. The highest BCUT2D eigenvalue weighted by atomic mass is 19.1. The van der Waals surface area contributed by atoms with Gasteiger partial charge in [-0.05, 0) is 0 Å². The lowest BCUT2D eigenvalue weighted by atomic mass is 10.4. The van der Waals surface area contributed by atoms with Crippen LogP contribution in [0.1, 0.15) is 0 Å². The van der Waals surface area contributed by atoms with Crippen molar-refractivity contribution >= 4 is 5.69 Å². The first-order valence-electron chi connectivity index (χ1n) is 3.52. The molecule has 1 aromatic rings. The van der Waals surface area contributed by atoms with Crippen molar-refractivity contribution in [3.63, 3.8) is 0 Å². The second kappa shape index (κ2) is 3.38. The van der Waals surface area contributed by atoms with Gasteiger partial charge < -0.3 is 9.64 Å². The monoisotopic (exact) mass is 170 g/mol. The van der Waals surface area contributed by atoms with Gasteiger partial charge in [-0.2, -0.15) is 9.37 Å². The zero-order valence-corrected chi connectivity index (χ0v) is 7.34. The van der Waals surface area contributed by atoms with Crippen LogP contribution in [-0.2, 0) is 0 Å². The van der Waals surface area contributed by atoms with E-state index in [-0.39, 0.29) is 0 Å². The molecule has 0 unspecified atom stereocenters. The van der Waals surface area contributed by atoms with Crippen LogP contribution in [0.5, 0.6) is 5.88 Å². The number of rotatable bonds is 2. The molecular weight excluding hydrogens is 159 g/mol. The van der Waals surface area contributed by atoms with Crippen molar-refractivity contribution in [2.24, 2.45) is 0 Å². The minimum absolute atomic E-state index is 0.290. The standard InChI is InChI=1S/C8H11FN2O/c1-11(2)6-4-7(9)10-8(5-6)12-3/h4-5H,1-3H3. The van der Waals surface area contributed by atoms with Crippen molar-refractivity contribution in [1.82, 2.24) is 4.98 Å². The highest BCUT2D eigenvalue weighted by Crippen LogP contribution is 2.17. The van der Waals surface area contributed by atoms with Gasteiger partial charge in [-0.25, -0.2) is 0 Å². The van der Waals surface area contributed by atoms with E-state index in [0.717, 1.165) is 5.69 Å². The van der Waals surface area contributed by atoms with Crippen LogP contribution in [0.4, 0.5) is 10.1 Å². The van der Waals surface area contributed by atoms with Gasteiger partial charge in [0.1, 0.15) is 0 Å². The Balaban J connectivity index is 3.06. The number of aromatic nitrogens is 1. The number of hydrogen-bond donors (Lipinski definition) is 0. The molecular formula is C8H11FN2O. The second-order valence-electron chi connectivity index (χ2n) is 2.58. The predicted molar refractivity (Wildman–Crippen MR) is 45.1 cm³/mol. The zero-order chi connectivity index (χ0) is 9.14. The van der Waals surface area contributed by atoms with Gasteiger partial charge in [0.2, 0.25) is 11.8 Å². The van der Waals surface area contributed by atoms with Crippen molar-refractivity contribution < 1.29 is 9.13 Å². The number of anilines is 1. The average Bonchev–Trinajstić information content (AvgIpc) is 2.03. The Morgan fingerprint density at radius 1 is 1.42 bits per heavy atom. The number of pyridine rings is 1. The predicted octanol–water partition coefficient (Wildman–Crippen LogP) is 1.30. The summed E-state index contributed by atoms with van der Waals surface area (Å²) in [6.45, 7) is 0. The van der Waals surface area contributed by atoms with Crippen LogP contribution in [-0.4, -0.2) is 26.2 Å². The maximum Gasteiger partial charge on any atom is 0.218 e. The van der Waals surface area contributed by atoms with Gasteiger partial charge in [-0.15, -0.1) is 0 Å². The number of halogens is 1. The molecule has 66 valence electrons. The van der Waals surface area contributed by atoms with Crippen molar-refractivity contribution in [2.45, 2.75) is 0 Å². The van der Waals surface area contributed by atoms with Gasteiger partial charge in [0.25, 0.3) is 0 Å². The van der Waals surface area contributed by atoms with E-state index in [1.807, 2.05) is 14.1 Å². The van der Waals surface area contributed by atoms with Crippen LogP contribution in [0.15, 0.2) is 12.1 Å². The molecule has 0 fully saturated rings. The molecule has 0 saturated carbocycles. The van der Waals surface area contributed by atoms with Crippen LogP contribution in [0.25, 0.3) is 0 Å². The van der Waals surface area contributed by atoms with E-state index in [0.29, 0.717) is 5.88 Å². The number of methoxy groups -OCH3 is 1. The first-order chi connectivity index (χ1) is 5.63. The van der Waals surface area contributed by atoms with E-state index in [2.05, 4.69) is 4.98 Å². The fourth-order valence-electron chi connectivity index (χ4n) is 0.823. The topological polar surface area (TPSA) is 25.4 Å². The third kappa shape index (κ3) is 1.84. The summed E-state index contributed by atoms with van der Waals surface area (Å²) in [6.07, 6.45) is 0. The zero-order valence-electron chi connectivity index (χ0n) is 7.34. The SMILES string of the molecule is COc1cc(N(C)C)cc(F)n1. The molecule has 1 heterocycles. The Hall–Kier alpha value is -1.32. The molecule has 0 aromatic carbocycles. The summed E-state index contributed by atoms with van der Waals surface area (Å²) in [5.74, 6) is -0.239. The number of nitrogens with zero attached hydrogens (tertiary/aromatic N) is 2. The summed E-state index contributed by atoms with van der Waals surface area (Å²) in [5.41, 5.74) is 0.736. The molecule has 0 atom stereocenters. The molecule has 0 spiro atoms. The summed E-state index contributed by atoms with van der Waals surface area (Å²) in [5, 5.41) is 0. The number of ether oxygens (including phenoxy) is 1. The molecule has 3 nitrogen and oxygen atoms in total. The average molecular weight is 170 g/mol. The van der Waals surface area contributed by atoms with Gasteiger partial charge in [-0.1, -0.05) is 0 Å². The van der Waals surface area contributed by atoms with Crippen LogP contribution >= 0.6 is 0 Å². The van der Waals surface area contributed by atoms with Gasteiger partial charge in [0.15, 0.2) is 0 Å². The first kappa shape index (κ1) is 8.77. The van der Waals surface area contributed by atoms with E-state index >= 15 is 0 Å². The van der Waals surface area contributed by atoms with E-state index in [1.54, 1.807) is 11.0 Å². The van der Waals surface area contributed by atoms with E-state index in [1.165, 1.54) is 13.2 Å². The Bertz CT molecular complexity index is 276. The second-order valence-corrected chi connectivity index (χ2v) is 2.58. The molecule has 0 bridgehead atoms. The quantitative estimate of drug-likeness (QED) is 0.625. The molecule has 0 radical (unpaired) electrons. The summed E-state index contributed by atoms with van der Waals surface area (Å²) in [7, 11) is 5.11. The highest BCUT2D eigenvalue weighted by Gasteiger charge is 2.02. The van der Waals surface area contributed by atoms with Gasteiger partial charge in [0.05, 0.1) is 7.11 Å². The van der Waals surface area contributed by atoms with Crippen LogP contribution in [0.2, 0.25) is 0 Å². The maximum absolute atomic E-state index is 12.8. The van der Waals surface area contributed by atoms with E-state index in [4.69, 9.17) is 4.74 Å². The molecule has 1 aromatic heterocycles. The van der Waals surface area contributed by atoms with Crippen LogP contribution in [0.3, 0.4) is 0 Å². The molecule has 0 saturated heterocycles. The maximum atomic E-state index is 12.8. The Kier molecular flexibility index (Phi) is 2.47. The van der Waals surface area contributed by atoms with E-state index < -0.39 is 5.95 Å². The summed E-state index contributed by atoms with van der Waals surface area (Å²) in [4.78, 5) is 5.30. The van der Waals surface area contributed by atoms with Crippen molar-refractivity contribution in [3.8, 4) is 5.88 Å². The molecule has 4 heteroatoms. The van der Waals surface area contributed by atoms with Crippen LogP contribution < -0.4 is 9.64 Å². The lowest BCUT2D eigenvalue weighted by Crippen LogP contribution is -2.09. The third-order valence-corrected chi connectivity index (χ3v) is 1.48. The van der Waals surface area contributed by atoms with Gasteiger partial charge >= 0.3 is 0 Å². The largest absolute Gasteiger partial charge is 0.481 e. The molecule has 0 N–H and O–H groups in total. The summed E-state index contributed by atoms with van der Waals surface area (Å²) >= 11 is 0. The molecule has 0 amide bonds. The fourth-order valence-corrected chi connectivity index (χ4v) is 0.823. The van der Waals surface area contributed by atoms with Crippen molar-refractivity contribution in [2.75, 3.05) is 26.1 Å². The summed E-state index contributed by atoms with van der Waals surface area (Å²) < 4.78 is 17.6. The van der Waals surface area contributed by atoms with Gasteiger partial charge in [0, 0.05) is 31.9 Å². The minimum Gasteiger partial charge on any atom is -0.481 e. The Labute approximate surface area is 70.8 Å². The van der Waals surface area contributed by atoms with Gasteiger partial charge in [-0.3, -0.25) is 0 Å². The lowest BCUT2D eigenvalue weighted by Gasteiger charge is -2.12. The molecule has 0 aliphatic carbocycles. The van der Waals surface area contributed by atoms with Crippen LogP contribution in [0, 0.1) is 5.95 Å². The summed E-state index contributed by atoms with van der Waals surface area (Å²) in [6, 6.07) is 3.02. The van der Waals surface area contributed by atoms with Crippen molar-refractivity contribution in [3.05, 3.63) is 18.1 Å². The minimum atomic E-state index is -0.530. The molecule has 0 aliphatic heterocycles.